The molecule has 0 bridgehead atoms. The molecule has 0 aliphatic heterocycles. The molecule has 1 aromatic carbocycles. The molecule has 1 N–H and O–H groups in total. The highest BCUT2D eigenvalue weighted by atomic mass is 19.1. The van der Waals surface area contributed by atoms with Crippen LogP contribution in [0.15, 0.2) is 24.4 Å². The molecular formula is C17H24FN3. The predicted octanol–water partition coefficient (Wildman–Crippen LogP) is 3.52. The number of nitrogens with one attached hydrogen (secondary N) is 1. The van der Waals surface area contributed by atoms with Gasteiger partial charge in [-0.15, -0.1) is 0 Å². The zero-order chi connectivity index (χ0) is 15.4. The van der Waals surface area contributed by atoms with Crippen molar-refractivity contribution in [2.75, 3.05) is 6.54 Å². The molecule has 0 fully saturated rings. The van der Waals surface area contributed by atoms with E-state index < -0.39 is 0 Å². The van der Waals surface area contributed by atoms with Gasteiger partial charge in [0.1, 0.15) is 5.82 Å². The largest absolute Gasteiger partial charge is 0.306 e. The molecule has 0 radical (unpaired) electrons. The summed E-state index contributed by atoms with van der Waals surface area (Å²) in [5, 5.41) is 8.11. The van der Waals surface area contributed by atoms with E-state index in [2.05, 4.69) is 30.5 Å². The maximum atomic E-state index is 13.4. The van der Waals surface area contributed by atoms with Crippen molar-refractivity contribution in [1.29, 1.82) is 0 Å². The first kappa shape index (κ1) is 15.7. The number of benzene rings is 1. The minimum absolute atomic E-state index is 0.0641. The fourth-order valence-corrected chi connectivity index (χ4v) is 2.71. The van der Waals surface area contributed by atoms with Crippen molar-refractivity contribution >= 4 is 0 Å². The van der Waals surface area contributed by atoms with Crippen molar-refractivity contribution in [3.05, 3.63) is 52.6 Å². The van der Waals surface area contributed by atoms with Crippen LogP contribution in [0.3, 0.4) is 0 Å². The van der Waals surface area contributed by atoms with Crippen LogP contribution in [-0.4, -0.2) is 16.3 Å². The molecule has 1 unspecified atom stereocenters. The second kappa shape index (κ2) is 6.85. The molecule has 0 aliphatic rings. The van der Waals surface area contributed by atoms with Gasteiger partial charge in [0.2, 0.25) is 0 Å². The van der Waals surface area contributed by atoms with Crippen LogP contribution in [0.2, 0.25) is 0 Å². The molecule has 0 aliphatic carbocycles. The van der Waals surface area contributed by atoms with Gasteiger partial charge in [0.25, 0.3) is 0 Å². The van der Waals surface area contributed by atoms with Gasteiger partial charge in [-0.3, -0.25) is 4.68 Å². The van der Waals surface area contributed by atoms with Crippen LogP contribution < -0.4 is 5.32 Å². The van der Waals surface area contributed by atoms with Gasteiger partial charge in [-0.05, 0) is 49.6 Å². The molecule has 0 saturated carbocycles. The summed E-state index contributed by atoms with van der Waals surface area (Å²) in [6.07, 6.45) is 4.01. The molecule has 3 nitrogen and oxygen atoms in total. The molecule has 0 saturated heterocycles. The Hall–Kier alpha value is -1.68. The third-order valence-corrected chi connectivity index (χ3v) is 3.72. The van der Waals surface area contributed by atoms with Crippen molar-refractivity contribution < 1.29 is 4.39 Å². The van der Waals surface area contributed by atoms with Gasteiger partial charge < -0.3 is 5.32 Å². The maximum Gasteiger partial charge on any atom is 0.123 e. The lowest BCUT2D eigenvalue weighted by Crippen LogP contribution is -2.24. The Morgan fingerprint density at radius 2 is 2.05 bits per heavy atom. The Kier molecular flexibility index (Phi) is 5.12. The van der Waals surface area contributed by atoms with E-state index in [1.165, 1.54) is 11.6 Å². The molecule has 114 valence electrons. The highest BCUT2D eigenvalue weighted by Crippen LogP contribution is 2.27. The first-order valence-electron chi connectivity index (χ1n) is 7.58. The van der Waals surface area contributed by atoms with Crippen LogP contribution in [0.1, 0.15) is 48.7 Å². The Balaban J connectivity index is 2.46. The fraction of sp³-hybridized carbons (Fsp3) is 0.471. The van der Waals surface area contributed by atoms with E-state index in [1.54, 1.807) is 6.07 Å². The molecule has 2 rings (SSSR count). The second-order valence-corrected chi connectivity index (χ2v) is 5.45. The van der Waals surface area contributed by atoms with Crippen molar-refractivity contribution in [2.45, 2.75) is 39.7 Å². The number of nitrogens with zero attached hydrogens (tertiary/aromatic N) is 2. The minimum Gasteiger partial charge on any atom is -0.306 e. The Morgan fingerprint density at radius 1 is 1.29 bits per heavy atom. The van der Waals surface area contributed by atoms with Gasteiger partial charge in [0, 0.05) is 18.8 Å². The van der Waals surface area contributed by atoms with Crippen LogP contribution in [-0.2, 0) is 13.5 Å². The van der Waals surface area contributed by atoms with E-state index in [9.17, 15) is 4.39 Å². The van der Waals surface area contributed by atoms with Crippen LogP contribution in [0.25, 0.3) is 0 Å². The zero-order valence-corrected chi connectivity index (χ0v) is 13.3. The predicted molar refractivity (Wildman–Crippen MR) is 83.9 cm³/mol. The van der Waals surface area contributed by atoms with E-state index in [0.717, 1.165) is 36.2 Å². The number of rotatable bonds is 6. The molecule has 1 atom stereocenters. The molecule has 0 amide bonds. The maximum absolute atomic E-state index is 13.4. The summed E-state index contributed by atoms with van der Waals surface area (Å²) in [7, 11) is 1.94. The first-order valence-corrected chi connectivity index (χ1v) is 7.58. The lowest BCUT2D eigenvalue weighted by Gasteiger charge is -2.21. The molecule has 1 heterocycles. The Morgan fingerprint density at radius 3 is 2.67 bits per heavy atom. The quantitative estimate of drug-likeness (QED) is 0.882. The lowest BCUT2D eigenvalue weighted by atomic mass is 9.94. The van der Waals surface area contributed by atoms with E-state index >= 15 is 0 Å². The van der Waals surface area contributed by atoms with Gasteiger partial charge in [-0.2, -0.15) is 5.10 Å². The van der Waals surface area contributed by atoms with Crippen molar-refractivity contribution in [2.24, 2.45) is 7.05 Å². The zero-order valence-electron chi connectivity index (χ0n) is 13.3. The van der Waals surface area contributed by atoms with Gasteiger partial charge >= 0.3 is 0 Å². The molecule has 1 aromatic heterocycles. The standard InChI is InChI=1S/C17H24FN3/c1-5-9-19-17(14-8-7-13(18)10-12(14)3)15-11-21(4)20-16(15)6-2/h7-8,10-11,17,19H,5-6,9H2,1-4H3. The van der Waals surface area contributed by atoms with Gasteiger partial charge in [0.15, 0.2) is 0 Å². The summed E-state index contributed by atoms with van der Waals surface area (Å²) < 4.78 is 15.2. The Bertz CT molecular complexity index is 604. The summed E-state index contributed by atoms with van der Waals surface area (Å²) in [6.45, 7) is 7.13. The van der Waals surface area contributed by atoms with E-state index in [4.69, 9.17) is 0 Å². The summed E-state index contributed by atoms with van der Waals surface area (Å²) in [5.41, 5.74) is 4.36. The van der Waals surface area contributed by atoms with Gasteiger partial charge in [-0.1, -0.05) is 19.9 Å². The van der Waals surface area contributed by atoms with E-state index in [0.29, 0.717) is 0 Å². The molecule has 0 spiro atoms. The average Bonchev–Trinajstić information content (AvgIpc) is 2.82. The van der Waals surface area contributed by atoms with Gasteiger partial charge in [0.05, 0.1) is 11.7 Å². The van der Waals surface area contributed by atoms with Crippen molar-refractivity contribution in [3.8, 4) is 0 Å². The SMILES string of the molecule is CCCNC(c1ccc(F)cc1C)c1cn(C)nc1CC. The van der Waals surface area contributed by atoms with E-state index in [1.807, 2.05) is 24.7 Å². The number of aromatic nitrogens is 2. The lowest BCUT2D eigenvalue weighted by molar-refractivity contribution is 0.586. The Labute approximate surface area is 126 Å². The highest BCUT2D eigenvalue weighted by molar-refractivity contribution is 5.38. The number of halogens is 1. The monoisotopic (exact) mass is 289 g/mol. The average molecular weight is 289 g/mol. The molecule has 2 aromatic rings. The highest BCUT2D eigenvalue weighted by Gasteiger charge is 2.20. The third kappa shape index (κ3) is 3.50. The summed E-state index contributed by atoms with van der Waals surface area (Å²) >= 11 is 0. The van der Waals surface area contributed by atoms with Crippen molar-refractivity contribution in [1.82, 2.24) is 15.1 Å². The normalized spacial score (nSPS) is 12.6. The summed E-state index contributed by atoms with van der Waals surface area (Å²) in [6, 6.07) is 5.07. The molecule has 4 heteroatoms. The van der Waals surface area contributed by atoms with E-state index in [-0.39, 0.29) is 11.9 Å². The topological polar surface area (TPSA) is 29.9 Å². The minimum atomic E-state index is -0.188. The fourth-order valence-electron chi connectivity index (χ4n) is 2.71. The van der Waals surface area contributed by atoms with Crippen LogP contribution in [0, 0.1) is 12.7 Å². The first-order chi connectivity index (χ1) is 10.1. The van der Waals surface area contributed by atoms with Crippen LogP contribution >= 0.6 is 0 Å². The van der Waals surface area contributed by atoms with Crippen LogP contribution in [0.4, 0.5) is 4.39 Å². The summed E-state index contributed by atoms with van der Waals surface area (Å²) in [5.74, 6) is -0.188. The smallest absolute Gasteiger partial charge is 0.123 e. The number of aryl methyl sites for hydroxylation is 3. The number of hydrogen-bond acceptors (Lipinski definition) is 2. The molecule has 21 heavy (non-hydrogen) atoms. The van der Waals surface area contributed by atoms with Crippen molar-refractivity contribution in [3.63, 3.8) is 0 Å². The van der Waals surface area contributed by atoms with Crippen LogP contribution in [0.5, 0.6) is 0 Å². The number of hydrogen-bond donors (Lipinski definition) is 1. The third-order valence-electron chi connectivity index (χ3n) is 3.72. The second-order valence-electron chi connectivity index (χ2n) is 5.45. The molecular weight excluding hydrogens is 265 g/mol. The van der Waals surface area contributed by atoms with Gasteiger partial charge in [-0.25, -0.2) is 4.39 Å². The summed E-state index contributed by atoms with van der Waals surface area (Å²) in [4.78, 5) is 0.